The Balaban J connectivity index is 2.76. The van der Waals surface area contributed by atoms with Gasteiger partial charge in [0, 0.05) is 14.1 Å². The lowest BCUT2D eigenvalue weighted by Gasteiger charge is -2.19. The van der Waals surface area contributed by atoms with Crippen LogP contribution in [0.25, 0.3) is 0 Å². The first-order valence-corrected chi connectivity index (χ1v) is 4.88. The minimum atomic E-state index is -0.117. The van der Waals surface area contributed by atoms with Gasteiger partial charge >= 0.3 is 0 Å². The molecule has 0 saturated carbocycles. The first-order chi connectivity index (χ1) is 6.65. The first-order valence-electron chi connectivity index (χ1n) is 4.00. The minimum Gasteiger partial charge on any atom is -0.370 e. The van der Waals surface area contributed by atoms with Crippen molar-refractivity contribution in [2.45, 2.75) is 0 Å². The predicted octanol–water partition coefficient (Wildman–Crippen LogP) is 0.653. The second-order valence-corrected chi connectivity index (χ2v) is 3.52. The number of guanidine groups is 2. The van der Waals surface area contributed by atoms with Gasteiger partial charge in [0.1, 0.15) is 0 Å². The molecule has 0 amide bonds. The molecular formula is C8H13N5S. The number of rotatable bonds is 1. The van der Waals surface area contributed by atoms with E-state index in [0.717, 1.165) is 5.00 Å². The molecule has 0 aliphatic heterocycles. The fourth-order valence-corrected chi connectivity index (χ4v) is 1.67. The smallest absolute Gasteiger partial charge is 0.205 e. The Morgan fingerprint density at radius 3 is 2.86 bits per heavy atom. The molecule has 0 radical (unpaired) electrons. The lowest BCUT2D eigenvalue weighted by molar-refractivity contribution is 1.13. The van der Waals surface area contributed by atoms with Crippen molar-refractivity contribution in [1.29, 1.82) is 5.41 Å². The summed E-state index contributed by atoms with van der Waals surface area (Å²) in [6.07, 6.45) is 0. The molecule has 1 aromatic heterocycles. The number of aliphatic imine (C=N–C) groups is 1. The van der Waals surface area contributed by atoms with E-state index < -0.39 is 0 Å². The number of hydrogen-bond acceptors (Lipinski definition) is 3. The number of anilines is 1. The summed E-state index contributed by atoms with van der Waals surface area (Å²) in [4.78, 5) is 5.84. The molecule has 1 aromatic rings. The first kappa shape index (κ1) is 10.5. The van der Waals surface area contributed by atoms with Gasteiger partial charge in [-0.15, -0.1) is 11.3 Å². The number of thiophene rings is 1. The standard InChI is InChI=1S/C8H13N5S/c1-11-8(12-7(9)10)13(2)6-4-3-5-14-6/h3-5H,1-2H3,(H4,9,10,11,12). The zero-order valence-corrected chi connectivity index (χ0v) is 8.93. The van der Waals surface area contributed by atoms with Crippen molar-refractivity contribution in [1.82, 2.24) is 5.32 Å². The molecule has 0 aliphatic carbocycles. The zero-order valence-electron chi connectivity index (χ0n) is 8.11. The van der Waals surface area contributed by atoms with Gasteiger partial charge in [-0.05, 0) is 17.5 Å². The van der Waals surface area contributed by atoms with E-state index in [2.05, 4.69) is 10.3 Å². The molecule has 0 spiro atoms. The molecule has 1 rings (SSSR count). The van der Waals surface area contributed by atoms with Gasteiger partial charge in [-0.1, -0.05) is 0 Å². The second kappa shape index (κ2) is 4.61. The summed E-state index contributed by atoms with van der Waals surface area (Å²) in [6, 6.07) is 3.93. The molecule has 76 valence electrons. The molecule has 0 aromatic carbocycles. The summed E-state index contributed by atoms with van der Waals surface area (Å²) in [7, 11) is 3.51. The summed E-state index contributed by atoms with van der Waals surface area (Å²) < 4.78 is 0. The average Bonchev–Trinajstić information content (AvgIpc) is 2.65. The average molecular weight is 211 g/mol. The molecule has 14 heavy (non-hydrogen) atoms. The van der Waals surface area contributed by atoms with Crippen LogP contribution < -0.4 is 16.0 Å². The molecule has 4 N–H and O–H groups in total. The lowest BCUT2D eigenvalue weighted by atomic mass is 10.6. The monoisotopic (exact) mass is 211 g/mol. The second-order valence-electron chi connectivity index (χ2n) is 2.60. The number of hydrogen-bond donors (Lipinski definition) is 3. The summed E-state index contributed by atoms with van der Waals surface area (Å²) in [5.74, 6) is 0.439. The molecule has 1 heterocycles. The molecule has 0 aliphatic rings. The Labute approximate surface area is 86.8 Å². The van der Waals surface area contributed by atoms with E-state index in [1.165, 1.54) is 0 Å². The zero-order chi connectivity index (χ0) is 10.6. The molecule has 0 fully saturated rings. The molecular weight excluding hydrogens is 198 g/mol. The van der Waals surface area contributed by atoms with Crippen LogP contribution in [0.1, 0.15) is 0 Å². The van der Waals surface area contributed by atoms with Crippen LogP contribution in [0.2, 0.25) is 0 Å². The Morgan fingerprint density at radius 1 is 1.71 bits per heavy atom. The molecule has 5 nitrogen and oxygen atoms in total. The maximum absolute atomic E-state index is 7.11. The largest absolute Gasteiger partial charge is 0.370 e. The van der Waals surface area contributed by atoms with Gasteiger partial charge < -0.3 is 10.6 Å². The van der Waals surface area contributed by atoms with Gasteiger partial charge in [0.15, 0.2) is 5.96 Å². The van der Waals surface area contributed by atoms with E-state index in [-0.39, 0.29) is 5.96 Å². The van der Waals surface area contributed by atoms with Gasteiger partial charge in [-0.25, -0.2) is 0 Å². The topological polar surface area (TPSA) is 77.5 Å². The van der Waals surface area contributed by atoms with Gasteiger partial charge in [-0.3, -0.25) is 15.7 Å². The third kappa shape index (κ3) is 2.46. The summed E-state index contributed by atoms with van der Waals surface area (Å²) >= 11 is 1.60. The summed E-state index contributed by atoms with van der Waals surface area (Å²) in [5, 5.41) is 12.8. The van der Waals surface area contributed by atoms with E-state index in [0.29, 0.717) is 5.96 Å². The van der Waals surface area contributed by atoms with Crippen molar-refractivity contribution in [3.63, 3.8) is 0 Å². The van der Waals surface area contributed by atoms with Crippen molar-refractivity contribution in [3.8, 4) is 0 Å². The molecule has 0 saturated heterocycles. The van der Waals surface area contributed by atoms with Gasteiger partial charge in [0.05, 0.1) is 5.00 Å². The quantitative estimate of drug-likeness (QED) is 0.471. The highest BCUT2D eigenvalue weighted by Crippen LogP contribution is 2.19. The van der Waals surface area contributed by atoms with Crippen LogP contribution >= 0.6 is 11.3 Å². The predicted molar refractivity (Wildman–Crippen MR) is 61.1 cm³/mol. The molecule has 6 heteroatoms. The number of nitrogens with zero attached hydrogens (tertiary/aromatic N) is 2. The number of nitrogens with one attached hydrogen (secondary N) is 2. The van der Waals surface area contributed by atoms with Crippen LogP contribution in [0.5, 0.6) is 0 Å². The van der Waals surface area contributed by atoms with Crippen LogP contribution in [-0.4, -0.2) is 26.0 Å². The normalized spacial score (nSPS) is 11.1. The van der Waals surface area contributed by atoms with E-state index >= 15 is 0 Å². The third-order valence-corrected chi connectivity index (χ3v) is 2.56. The Hall–Kier alpha value is -1.56. The lowest BCUT2D eigenvalue weighted by Crippen LogP contribution is -2.44. The number of nitrogens with two attached hydrogens (primary N) is 1. The maximum atomic E-state index is 7.11. The van der Waals surface area contributed by atoms with Crippen molar-refractivity contribution in [2.24, 2.45) is 10.7 Å². The van der Waals surface area contributed by atoms with Crippen LogP contribution in [0, 0.1) is 5.41 Å². The van der Waals surface area contributed by atoms with Crippen molar-refractivity contribution in [3.05, 3.63) is 17.5 Å². The fourth-order valence-electron chi connectivity index (χ4n) is 0.975. The van der Waals surface area contributed by atoms with E-state index in [1.54, 1.807) is 18.4 Å². The van der Waals surface area contributed by atoms with E-state index in [9.17, 15) is 0 Å². The molecule has 0 bridgehead atoms. The van der Waals surface area contributed by atoms with Gasteiger partial charge in [0.25, 0.3) is 0 Å². The van der Waals surface area contributed by atoms with E-state index in [4.69, 9.17) is 11.1 Å². The van der Waals surface area contributed by atoms with Crippen molar-refractivity contribution >= 4 is 28.3 Å². The SMILES string of the molecule is C/N=C(/NC(=N)N)N(C)c1cccs1. The van der Waals surface area contributed by atoms with Crippen LogP contribution in [0.3, 0.4) is 0 Å². The fraction of sp³-hybridized carbons (Fsp3) is 0.250. The minimum absolute atomic E-state index is 0.117. The van der Waals surface area contributed by atoms with Crippen LogP contribution in [0.4, 0.5) is 5.00 Å². The Bertz CT molecular complexity index is 330. The highest BCUT2D eigenvalue weighted by molar-refractivity contribution is 7.14. The highest BCUT2D eigenvalue weighted by atomic mass is 32.1. The van der Waals surface area contributed by atoms with Crippen LogP contribution in [0.15, 0.2) is 22.5 Å². The molecule has 0 unspecified atom stereocenters. The Morgan fingerprint density at radius 2 is 2.43 bits per heavy atom. The van der Waals surface area contributed by atoms with Gasteiger partial charge in [0.2, 0.25) is 5.96 Å². The van der Waals surface area contributed by atoms with Gasteiger partial charge in [-0.2, -0.15) is 0 Å². The highest BCUT2D eigenvalue weighted by Gasteiger charge is 2.08. The Kier molecular flexibility index (Phi) is 3.47. The molecule has 0 atom stereocenters. The van der Waals surface area contributed by atoms with E-state index in [1.807, 2.05) is 29.5 Å². The van der Waals surface area contributed by atoms with Crippen LogP contribution in [-0.2, 0) is 0 Å². The third-order valence-electron chi connectivity index (χ3n) is 1.61. The summed E-state index contributed by atoms with van der Waals surface area (Å²) in [6.45, 7) is 0. The van der Waals surface area contributed by atoms with Crippen molar-refractivity contribution in [2.75, 3.05) is 19.0 Å². The maximum Gasteiger partial charge on any atom is 0.205 e. The summed E-state index contributed by atoms with van der Waals surface area (Å²) in [5.41, 5.74) is 5.23. The van der Waals surface area contributed by atoms with Crippen molar-refractivity contribution < 1.29 is 0 Å².